The number of fused-ring (bicyclic) bond motifs is 2. The molecule has 0 saturated carbocycles. The summed E-state index contributed by atoms with van der Waals surface area (Å²) in [7, 11) is 0. The van der Waals surface area contributed by atoms with Crippen molar-refractivity contribution in [2.75, 3.05) is 13.1 Å². The first-order chi connectivity index (χ1) is 15.1. The minimum absolute atomic E-state index is 0.125. The predicted molar refractivity (Wildman–Crippen MR) is 117 cm³/mol. The van der Waals surface area contributed by atoms with Crippen LogP contribution in [0.3, 0.4) is 0 Å². The lowest BCUT2D eigenvalue weighted by atomic mass is 9.92. The Morgan fingerprint density at radius 2 is 2.06 bits per heavy atom. The molecule has 1 fully saturated rings. The van der Waals surface area contributed by atoms with Crippen LogP contribution >= 0.6 is 0 Å². The molecule has 6 nitrogen and oxygen atoms in total. The first-order valence-electron chi connectivity index (χ1n) is 11.1. The van der Waals surface area contributed by atoms with Gasteiger partial charge in [-0.15, -0.1) is 0 Å². The molecule has 1 aromatic carbocycles. The molecular formula is C24H27FN4O2. The third kappa shape index (κ3) is 3.89. The molecule has 31 heavy (non-hydrogen) atoms. The molecular weight excluding hydrogens is 395 g/mol. The van der Waals surface area contributed by atoms with E-state index < -0.39 is 0 Å². The molecule has 0 spiro atoms. The van der Waals surface area contributed by atoms with Crippen molar-refractivity contribution >= 4 is 11.0 Å². The van der Waals surface area contributed by atoms with E-state index in [1.54, 1.807) is 6.07 Å². The molecule has 0 bridgehead atoms. The Bertz CT molecular complexity index is 1190. The molecule has 162 valence electrons. The summed E-state index contributed by atoms with van der Waals surface area (Å²) in [5.74, 6) is 0.943. The van der Waals surface area contributed by atoms with Crippen LogP contribution in [0.5, 0.6) is 0 Å². The van der Waals surface area contributed by atoms with Gasteiger partial charge in [-0.05, 0) is 57.4 Å². The van der Waals surface area contributed by atoms with Gasteiger partial charge >= 0.3 is 0 Å². The summed E-state index contributed by atoms with van der Waals surface area (Å²) < 4.78 is 20.6. The molecule has 0 atom stereocenters. The Labute approximate surface area is 180 Å². The average Bonchev–Trinajstić information content (AvgIpc) is 3.19. The number of halogens is 1. The Morgan fingerprint density at radius 3 is 2.90 bits per heavy atom. The number of rotatable bonds is 4. The van der Waals surface area contributed by atoms with E-state index in [0.717, 1.165) is 79.9 Å². The number of piperidine rings is 1. The van der Waals surface area contributed by atoms with Crippen LogP contribution in [0.4, 0.5) is 4.39 Å². The largest absolute Gasteiger partial charge is 0.378 e. The average molecular weight is 423 g/mol. The molecule has 4 heterocycles. The summed E-state index contributed by atoms with van der Waals surface area (Å²) >= 11 is 0. The second kappa shape index (κ2) is 8.29. The van der Waals surface area contributed by atoms with Crippen molar-refractivity contribution < 1.29 is 8.91 Å². The molecule has 3 aromatic rings. The van der Waals surface area contributed by atoms with E-state index in [9.17, 15) is 9.18 Å². The summed E-state index contributed by atoms with van der Waals surface area (Å²) in [6.45, 7) is 4.56. The van der Waals surface area contributed by atoms with Crippen molar-refractivity contribution in [3.8, 4) is 0 Å². The zero-order valence-corrected chi connectivity index (χ0v) is 17.8. The second-order valence-corrected chi connectivity index (χ2v) is 8.61. The summed E-state index contributed by atoms with van der Waals surface area (Å²) in [6.07, 6.45) is 9.79. The number of likely N-dealkylation sites (tertiary alicyclic amines) is 1. The highest BCUT2D eigenvalue weighted by molar-refractivity contribution is 5.79. The molecule has 2 aliphatic rings. The van der Waals surface area contributed by atoms with E-state index in [1.165, 1.54) is 12.1 Å². The standard InChI is InChI=1S/C24H27FN4O2/c1-16-19(24(30)29-12-3-2-6-22(29)26-16)5-4-11-28-13-9-17(10-14-28)23-20-8-7-18(25)15-21(20)31-27-23/h4,7-8,11,15,17H,2-3,5-6,9-10,12-14H2,1H3/b11-4+. The SMILES string of the molecule is Cc1nc2n(c(=O)c1C/C=C/N1CCC(c3noc4cc(F)ccc34)CC1)CCCC2. The summed E-state index contributed by atoms with van der Waals surface area (Å²) in [5.41, 5.74) is 3.23. The van der Waals surface area contributed by atoms with Crippen LogP contribution in [-0.2, 0) is 19.4 Å². The van der Waals surface area contributed by atoms with Gasteiger partial charge in [-0.25, -0.2) is 9.37 Å². The van der Waals surface area contributed by atoms with E-state index in [2.05, 4.69) is 27.3 Å². The van der Waals surface area contributed by atoms with Crippen molar-refractivity contribution in [2.24, 2.45) is 0 Å². The predicted octanol–water partition coefficient (Wildman–Crippen LogP) is 4.10. The van der Waals surface area contributed by atoms with E-state index in [-0.39, 0.29) is 11.4 Å². The number of aryl methyl sites for hydroxylation is 2. The van der Waals surface area contributed by atoms with Gasteiger partial charge in [-0.2, -0.15) is 0 Å². The number of nitrogens with zero attached hydrogens (tertiary/aromatic N) is 4. The summed E-state index contributed by atoms with van der Waals surface area (Å²) in [6, 6.07) is 4.61. The number of aromatic nitrogens is 3. The summed E-state index contributed by atoms with van der Waals surface area (Å²) in [4.78, 5) is 19.8. The second-order valence-electron chi connectivity index (χ2n) is 8.61. The highest BCUT2D eigenvalue weighted by atomic mass is 19.1. The first-order valence-corrected chi connectivity index (χ1v) is 11.1. The molecule has 2 aliphatic heterocycles. The van der Waals surface area contributed by atoms with Crippen molar-refractivity contribution in [2.45, 2.75) is 57.9 Å². The van der Waals surface area contributed by atoms with Gasteiger partial charge in [-0.3, -0.25) is 9.36 Å². The monoisotopic (exact) mass is 422 g/mol. The van der Waals surface area contributed by atoms with Gasteiger partial charge in [0.25, 0.3) is 5.56 Å². The van der Waals surface area contributed by atoms with Crippen LogP contribution in [0.15, 0.2) is 39.8 Å². The van der Waals surface area contributed by atoms with Crippen LogP contribution in [0.2, 0.25) is 0 Å². The number of allylic oxidation sites excluding steroid dienone is 1. The maximum atomic E-state index is 13.4. The normalized spacial score (nSPS) is 17.5. The molecule has 0 N–H and O–H groups in total. The minimum atomic E-state index is -0.306. The van der Waals surface area contributed by atoms with Crippen molar-refractivity contribution in [1.82, 2.24) is 19.6 Å². The Balaban J connectivity index is 1.23. The highest BCUT2D eigenvalue weighted by Crippen LogP contribution is 2.32. The molecule has 0 unspecified atom stereocenters. The molecule has 0 aliphatic carbocycles. The van der Waals surface area contributed by atoms with Gasteiger partial charge in [0.05, 0.1) is 5.69 Å². The fraction of sp³-hybridized carbons (Fsp3) is 0.458. The van der Waals surface area contributed by atoms with Gasteiger partial charge in [0, 0.05) is 54.7 Å². The quantitative estimate of drug-likeness (QED) is 0.633. The fourth-order valence-corrected chi connectivity index (χ4v) is 4.83. The molecule has 0 radical (unpaired) electrons. The van der Waals surface area contributed by atoms with Gasteiger partial charge in [-0.1, -0.05) is 11.2 Å². The summed E-state index contributed by atoms with van der Waals surface area (Å²) in [5, 5.41) is 5.13. The smallest absolute Gasteiger partial charge is 0.257 e. The maximum absolute atomic E-state index is 13.4. The van der Waals surface area contributed by atoms with Crippen LogP contribution in [-0.4, -0.2) is 32.7 Å². The Morgan fingerprint density at radius 1 is 1.23 bits per heavy atom. The first kappa shape index (κ1) is 20.0. The van der Waals surface area contributed by atoms with E-state index in [1.807, 2.05) is 11.5 Å². The lowest BCUT2D eigenvalue weighted by Gasteiger charge is -2.30. The van der Waals surface area contributed by atoms with E-state index in [4.69, 9.17) is 4.52 Å². The lowest BCUT2D eigenvalue weighted by molar-refractivity contribution is 0.277. The van der Waals surface area contributed by atoms with E-state index >= 15 is 0 Å². The molecule has 5 rings (SSSR count). The van der Waals surface area contributed by atoms with E-state index in [0.29, 0.717) is 17.9 Å². The lowest BCUT2D eigenvalue weighted by Crippen LogP contribution is -2.32. The third-order valence-electron chi connectivity index (χ3n) is 6.60. The zero-order valence-electron chi connectivity index (χ0n) is 17.8. The molecule has 2 aromatic heterocycles. The van der Waals surface area contributed by atoms with Crippen molar-refractivity contribution in [3.05, 3.63) is 69.4 Å². The fourth-order valence-electron chi connectivity index (χ4n) is 4.83. The maximum Gasteiger partial charge on any atom is 0.257 e. The van der Waals surface area contributed by atoms with Crippen LogP contribution in [0, 0.1) is 12.7 Å². The minimum Gasteiger partial charge on any atom is -0.378 e. The molecule has 1 saturated heterocycles. The molecule has 0 amide bonds. The van der Waals surface area contributed by atoms with Crippen molar-refractivity contribution in [3.63, 3.8) is 0 Å². The topological polar surface area (TPSA) is 64.2 Å². The van der Waals surface area contributed by atoms with Crippen LogP contribution < -0.4 is 5.56 Å². The molecule has 7 heteroatoms. The van der Waals surface area contributed by atoms with Gasteiger partial charge in [0.1, 0.15) is 11.6 Å². The number of hydrogen-bond donors (Lipinski definition) is 0. The Hall–Kier alpha value is -2.96. The van der Waals surface area contributed by atoms with Gasteiger partial charge < -0.3 is 9.42 Å². The zero-order chi connectivity index (χ0) is 21.4. The van der Waals surface area contributed by atoms with Crippen LogP contribution in [0.1, 0.15) is 54.4 Å². The third-order valence-corrected chi connectivity index (χ3v) is 6.60. The Kier molecular flexibility index (Phi) is 5.34. The van der Waals surface area contributed by atoms with Crippen LogP contribution in [0.25, 0.3) is 11.0 Å². The van der Waals surface area contributed by atoms with Crippen molar-refractivity contribution in [1.29, 1.82) is 0 Å². The number of benzene rings is 1. The van der Waals surface area contributed by atoms with Gasteiger partial charge in [0.2, 0.25) is 0 Å². The van der Waals surface area contributed by atoms with Gasteiger partial charge in [0.15, 0.2) is 5.58 Å². The number of hydrogen-bond acceptors (Lipinski definition) is 5. The highest BCUT2D eigenvalue weighted by Gasteiger charge is 2.24.